The Morgan fingerprint density at radius 2 is 2.07 bits per heavy atom. The van der Waals surface area contributed by atoms with E-state index in [0.717, 1.165) is 29.6 Å². The zero-order valence-electron chi connectivity index (χ0n) is 15.9. The highest BCUT2D eigenvalue weighted by Gasteiger charge is 2.17. The van der Waals surface area contributed by atoms with E-state index in [0.29, 0.717) is 18.8 Å². The zero-order chi connectivity index (χ0) is 19.8. The second-order valence-corrected chi connectivity index (χ2v) is 6.65. The van der Waals surface area contributed by atoms with Crippen molar-refractivity contribution < 1.29 is 23.8 Å². The third-order valence-corrected chi connectivity index (χ3v) is 4.54. The van der Waals surface area contributed by atoms with Gasteiger partial charge in [0.1, 0.15) is 17.7 Å². The first-order chi connectivity index (χ1) is 12.9. The zero-order valence-corrected chi connectivity index (χ0v) is 15.9. The Morgan fingerprint density at radius 1 is 1.37 bits per heavy atom. The molecule has 0 spiro atoms. The van der Waals surface area contributed by atoms with Crippen LogP contribution >= 0.6 is 0 Å². The van der Waals surface area contributed by atoms with Crippen LogP contribution in [0.2, 0.25) is 0 Å². The first kappa shape index (κ1) is 20.9. The number of benzene rings is 1. The second-order valence-electron chi connectivity index (χ2n) is 6.65. The Morgan fingerprint density at radius 3 is 2.70 bits per heavy atom. The van der Waals surface area contributed by atoms with Gasteiger partial charge in [-0.25, -0.2) is 4.39 Å². The van der Waals surface area contributed by atoms with E-state index in [2.05, 4.69) is 6.58 Å². The maximum absolute atomic E-state index is 13.9. The summed E-state index contributed by atoms with van der Waals surface area (Å²) in [6.07, 6.45) is 4.29. The van der Waals surface area contributed by atoms with Crippen LogP contribution in [0.15, 0.2) is 60.0 Å². The van der Waals surface area contributed by atoms with Gasteiger partial charge in [-0.2, -0.15) is 0 Å². The highest BCUT2D eigenvalue weighted by atomic mass is 19.1. The van der Waals surface area contributed by atoms with E-state index in [4.69, 9.17) is 14.6 Å². The molecule has 2 rings (SSSR count). The maximum Gasteiger partial charge on any atom is 0.306 e. The average Bonchev–Trinajstić information content (AvgIpc) is 2.68. The molecular formula is C22H27FO4. The third kappa shape index (κ3) is 6.68. The molecule has 27 heavy (non-hydrogen) atoms. The van der Waals surface area contributed by atoms with Crippen LogP contribution in [-0.4, -0.2) is 23.8 Å². The maximum atomic E-state index is 13.9. The molecule has 1 aromatic rings. The molecule has 0 amide bonds. The summed E-state index contributed by atoms with van der Waals surface area (Å²) in [5.41, 5.74) is 2.56. The van der Waals surface area contributed by atoms with Crippen molar-refractivity contribution in [1.29, 1.82) is 0 Å². The van der Waals surface area contributed by atoms with Crippen molar-refractivity contribution in [2.45, 2.75) is 51.7 Å². The van der Waals surface area contributed by atoms with Crippen LogP contribution in [0.5, 0.6) is 5.75 Å². The normalized spacial score (nSPS) is 23.1. The van der Waals surface area contributed by atoms with Gasteiger partial charge in [-0.05, 0) is 62.1 Å². The number of carbonyl (C=O) groups is 1. The van der Waals surface area contributed by atoms with Crippen molar-refractivity contribution in [2.24, 2.45) is 0 Å². The Bertz CT molecular complexity index is 718. The standard InChI is InChI=1S/C22H27FO4/c1-4-26-21(14-22(24)25)17-6-10-20(11-7-17)27-19-9-5-15(2)16(3)13-18(23)8-12-19/h6-8,10-11,13,19,21H,2,4-5,9,12,14H2,1,3H3,(H,24,25)/b16-13-,18-8+/t19-,21+/m1/s1. The van der Waals surface area contributed by atoms with Gasteiger partial charge in [0.2, 0.25) is 0 Å². The molecule has 146 valence electrons. The molecule has 1 N–H and O–H groups in total. The first-order valence-electron chi connectivity index (χ1n) is 9.21. The fourth-order valence-electron chi connectivity index (χ4n) is 2.96. The third-order valence-electron chi connectivity index (χ3n) is 4.54. The molecule has 0 bridgehead atoms. The van der Waals surface area contributed by atoms with Crippen LogP contribution < -0.4 is 4.74 Å². The number of aliphatic carboxylic acids is 1. The molecule has 0 fully saturated rings. The van der Waals surface area contributed by atoms with Crippen molar-refractivity contribution in [3.63, 3.8) is 0 Å². The Balaban J connectivity index is 2.05. The Hall–Kier alpha value is -2.40. The predicted octanol–water partition coefficient (Wildman–Crippen LogP) is 5.53. The molecule has 0 aliphatic heterocycles. The number of rotatable bonds is 7. The van der Waals surface area contributed by atoms with Gasteiger partial charge in [0.15, 0.2) is 0 Å². The monoisotopic (exact) mass is 374 g/mol. The van der Waals surface area contributed by atoms with E-state index in [-0.39, 0.29) is 18.4 Å². The molecule has 1 aliphatic rings. The summed E-state index contributed by atoms with van der Waals surface area (Å²) < 4.78 is 25.4. The van der Waals surface area contributed by atoms with Crippen molar-refractivity contribution in [2.75, 3.05) is 6.61 Å². The largest absolute Gasteiger partial charge is 0.490 e. The summed E-state index contributed by atoms with van der Waals surface area (Å²) in [5, 5.41) is 9.02. The molecule has 4 nitrogen and oxygen atoms in total. The van der Waals surface area contributed by atoms with Gasteiger partial charge >= 0.3 is 5.97 Å². The lowest BCUT2D eigenvalue weighted by atomic mass is 10.0. The minimum absolute atomic E-state index is 0.0881. The topological polar surface area (TPSA) is 55.8 Å². The summed E-state index contributed by atoms with van der Waals surface area (Å²) in [7, 11) is 0. The molecule has 0 unspecified atom stereocenters. The van der Waals surface area contributed by atoms with E-state index in [1.54, 1.807) is 18.2 Å². The number of carboxylic acid groups (broad SMARTS) is 1. The van der Waals surface area contributed by atoms with Crippen molar-refractivity contribution in [3.05, 3.63) is 65.5 Å². The van der Waals surface area contributed by atoms with Crippen LogP contribution in [0.3, 0.4) is 0 Å². The van der Waals surface area contributed by atoms with E-state index in [9.17, 15) is 9.18 Å². The first-order valence-corrected chi connectivity index (χ1v) is 9.21. The van der Waals surface area contributed by atoms with Crippen molar-refractivity contribution in [1.82, 2.24) is 0 Å². The molecule has 2 atom stereocenters. The Kier molecular flexibility index (Phi) is 7.80. The Labute approximate surface area is 160 Å². The number of ether oxygens (including phenoxy) is 2. The summed E-state index contributed by atoms with van der Waals surface area (Å²) in [6, 6.07) is 7.23. The van der Waals surface area contributed by atoms with Gasteiger partial charge < -0.3 is 14.6 Å². The lowest BCUT2D eigenvalue weighted by Crippen LogP contribution is -2.16. The molecule has 0 aromatic heterocycles. The molecule has 1 aliphatic carbocycles. The lowest BCUT2D eigenvalue weighted by Gasteiger charge is -2.19. The molecule has 0 saturated heterocycles. The predicted molar refractivity (Wildman–Crippen MR) is 103 cm³/mol. The van der Waals surface area contributed by atoms with Crippen molar-refractivity contribution >= 4 is 5.97 Å². The minimum atomic E-state index is -0.905. The smallest absolute Gasteiger partial charge is 0.306 e. The summed E-state index contributed by atoms with van der Waals surface area (Å²) in [4.78, 5) is 11.0. The van der Waals surface area contributed by atoms with E-state index < -0.39 is 12.1 Å². The highest BCUT2D eigenvalue weighted by Crippen LogP contribution is 2.27. The SMILES string of the molecule is C=C1CC[C@@H](Oc2ccc([C@H](CC(=O)O)OCC)cc2)C/C=C(F)\C=C/1C. The van der Waals surface area contributed by atoms with Gasteiger partial charge in [0, 0.05) is 13.0 Å². The summed E-state index contributed by atoms with van der Waals surface area (Å²) >= 11 is 0. The fraction of sp³-hybridized carbons (Fsp3) is 0.409. The summed E-state index contributed by atoms with van der Waals surface area (Å²) in [6.45, 7) is 8.14. The second kappa shape index (κ2) is 10.1. The van der Waals surface area contributed by atoms with Crippen LogP contribution in [0, 0.1) is 0 Å². The lowest BCUT2D eigenvalue weighted by molar-refractivity contribution is -0.140. The van der Waals surface area contributed by atoms with Crippen LogP contribution in [0.1, 0.15) is 51.2 Å². The number of allylic oxidation sites excluding steroid dienone is 4. The molecule has 0 saturated carbocycles. The van der Waals surface area contributed by atoms with Gasteiger partial charge in [-0.15, -0.1) is 0 Å². The van der Waals surface area contributed by atoms with Crippen LogP contribution in [-0.2, 0) is 9.53 Å². The highest BCUT2D eigenvalue weighted by molar-refractivity contribution is 5.67. The van der Waals surface area contributed by atoms with Crippen molar-refractivity contribution in [3.8, 4) is 5.75 Å². The quantitative estimate of drug-likeness (QED) is 0.682. The van der Waals surface area contributed by atoms with Gasteiger partial charge in [0.25, 0.3) is 0 Å². The number of hydrogen-bond donors (Lipinski definition) is 1. The molecule has 5 heteroatoms. The van der Waals surface area contributed by atoms with Crippen LogP contribution in [0.4, 0.5) is 4.39 Å². The summed E-state index contributed by atoms with van der Waals surface area (Å²) in [5.74, 6) is -0.511. The average molecular weight is 374 g/mol. The van der Waals surface area contributed by atoms with Crippen LogP contribution in [0.25, 0.3) is 0 Å². The number of hydrogen-bond acceptors (Lipinski definition) is 3. The molecule has 0 radical (unpaired) electrons. The molecule has 0 heterocycles. The van der Waals surface area contributed by atoms with Gasteiger partial charge in [-0.1, -0.05) is 24.3 Å². The van der Waals surface area contributed by atoms with E-state index >= 15 is 0 Å². The molecule has 1 aromatic carbocycles. The van der Waals surface area contributed by atoms with Gasteiger partial charge in [0.05, 0.1) is 12.5 Å². The van der Waals surface area contributed by atoms with Gasteiger partial charge in [-0.3, -0.25) is 4.79 Å². The number of halogens is 1. The van der Waals surface area contributed by atoms with E-state index in [1.807, 2.05) is 26.0 Å². The molecular weight excluding hydrogens is 347 g/mol. The van der Waals surface area contributed by atoms with E-state index in [1.165, 1.54) is 6.08 Å². The fourth-order valence-corrected chi connectivity index (χ4v) is 2.96. The number of carboxylic acids is 1. The minimum Gasteiger partial charge on any atom is -0.490 e.